The lowest BCUT2D eigenvalue weighted by Crippen LogP contribution is -2.32. The van der Waals surface area contributed by atoms with Crippen molar-refractivity contribution in [2.24, 2.45) is 0 Å². The van der Waals surface area contributed by atoms with Crippen LogP contribution in [0.25, 0.3) is 0 Å². The van der Waals surface area contributed by atoms with Gasteiger partial charge in [0.25, 0.3) is 0 Å². The number of aliphatic hydroxyl groups is 1. The first kappa shape index (κ1) is 9.46. The predicted octanol–water partition coefficient (Wildman–Crippen LogP) is 1.35. The Bertz CT molecular complexity index is 297. The average Bonchev–Trinajstić information content (AvgIpc) is 2.67. The third-order valence-electron chi connectivity index (χ3n) is 2.78. The molecule has 0 bridgehead atoms. The molecule has 1 atom stereocenters. The van der Waals surface area contributed by atoms with Crippen molar-refractivity contribution in [3.63, 3.8) is 0 Å². The van der Waals surface area contributed by atoms with Gasteiger partial charge in [-0.1, -0.05) is 6.07 Å². The van der Waals surface area contributed by atoms with Crippen LogP contribution in [0, 0.1) is 6.92 Å². The summed E-state index contributed by atoms with van der Waals surface area (Å²) in [6, 6.07) is 4.36. The molecule has 2 rings (SSSR count). The molecule has 1 fully saturated rings. The first-order valence-corrected chi connectivity index (χ1v) is 5.11. The van der Waals surface area contributed by atoms with Crippen molar-refractivity contribution < 1.29 is 5.11 Å². The first-order valence-electron chi connectivity index (χ1n) is 5.11. The average molecular weight is 192 g/mol. The number of hydrogen-bond donors (Lipinski definition) is 1. The van der Waals surface area contributed by atoms with Gasteiger partial charge in [-0.3, -0.25) is 0 Å². The zero-order valence-electron chi connectivity index (χ0n) is 8.48. The SMILES string of the molecule is Cc1ccc(N2CCC[C@H]2CO)nc1. The van der Waals surface area contributed by atoms with Crippen molar-refractivity contribution in [2.45, 2.75) is 25.8 Å². The van der Waals surface area contributed by atoms with Gasteiger partial charge in [-0.25, -0.2) is 4.98 Å². The summed E-state index contributed by atoms with van der Waals surface area (Å²) in [5, 5.41) is 9.18. The summed E-state index contributed by atoms with van der Waals surface area (Å²) in [6.07, 6.45) is 4.11. The zero-order chi connectivity index (χ0) is 9.97. The van der Waals surface area contributed by atoms with Gasteiger partial charge in [-0.15, -0.1) is 0 Å². The highest BCUT2D eigenvalue weighted by molar-refractivity contribution is 5.41. The minimum atomic E-state index is 0.232. The van der Waals surface area contributed by atoms with Gasteiger partial charge in [0, 0.05) is 12.7 Å². The largest absolute Gasteiger partial charge is 0.394 e. The summed E-state index contributed by atoms with van der Waals surface area (Å²) in [5.74, 6) is 0.993. The van der Waals surface area contributed by atoms with E-state index in [0.29, 0.717) is 0 Å². The Morgan fingerprint density at radius 3 is 3.07 bits per heavy atom. The molecule has 76 valence electrons. The Hall–Kier alpha value is -1.09. The normalized spacial score (nSPS) is 21.6. The lowest BCUT2D eigenvalue weighted by atomic mass is 10.2. The van der Waals surface area contributed by atoms with Gasteiger partial charge in [-0.05, 0) is 31.4 Å². The van der Waals surface area contributed by atoms with E-state index in [-0.39, 0.29) is 12.6 Å². The number of nitrogens with zero attached hydrogens (tertiary/aromatic N) is 2. The molecule has 0 aliphatic carbocycles. The van der Waals surface area contributed by atoms with E-state index in [1.165, 1.54) is 5.56 Å². The van der Waals surface area contributed by atoms with E-state index in [0.717, 1.165) is 25.2 Å². The topological polar surface area (TPSA) is 36.4 Å². The highest BCUT2D eigenvalue weighted by Gasteiger charge is 2.24. The lowest BCUT2D eigenvalue weighted by molar-refractivity contribution is 0.266. The minimum Gasteiger partial charge on any atom is -0.394 e. The molecule has 0 saturated carbocycles. The molecule has 1 saturated heterocycles. The Kier molecular flexibility index (Phi) is 2.68. The van der Waals surface area contributed by atoms with Crippen LogP contribution < -0.4 is 4.90 Å². The van der Waals surface area contributed by atoms with Crippen molar-refractivity contribution >= 4 is 5.82 Å². The fraction of sp³-hybridized carbons (Fsp3) is 0.545. The van der Waals surface area contributed by atoms with Crippen LogP contribution in [0.4, 0.5) is 5.82 Å². The molecule has 0 aromatic carbocycles. The number of anilines is 1. The van der Waals surface area contributed by atoms with E-state index in [9.17, 15) is 5.11 Å². The van der Waals surface area contributed by atoms with Gasteiger partial charge in [0.2, 0.25) is 0 Å². The summed E-state index contributed by atoms with van der Waals surface area (Å²) in [6.45, 7) is 3.28. The lowest BCUT2D eigenvalue weighted by Gasteiger charge is -2.23. The summed E-state index contributed by atoms with van der Waals surface area (Å²) in [5.41, 5.74) is 1.17. The molecule has 0 amide bonds. The molecule has 3 nitrogen and oxygen atoms in total. The van der Waals surface area contributed by atoms with Gasteiger partial charge < -0.3 is 10.0 Å². The van der Waals surface area contributed by atoms with E-state index in [1.54, 1.807) is 0 Å². The summed E-state index contributed by atoms with van der Waals surface area (Å²) < 4.78 is 0. The minimum absolute atomic E-state index is 0.232. The first-order chi connectivity index (χ1) is 6.81. The fourth-order valence-electron chi connectivity index (χ4n) is 1.96. The van der Waals surface area contributed by atoms with E-state index >= 15 is 0 Å². The molecule has 0 unspecified atom stereocenters. The van der Waals surface area contributed by atoms with E-state index in [4.69, 9.17) is 0 Å². The van der Waals surface area contributed by atoms with Crippen LogP contribution in [0.1, 0.15) is 18.4 Å². The molecule has 2 heterocycles. The molecule has 1 N–H and O–H groups in total. The standard InChI is InChI=1S/C11H16N2O/c1-9-4-5-11(12-7-9)13-6-2-3-10(13)8-14/h4-5,7,10,14H,2-3,6,8H2,1H3/t10-/m0/s1. The van der Waals surface area contributed by atoms with Gasteiger partial charge in [0.05, 0.1) is 12.6 Å². The maximum Gasteiger partial charge on any atom is 0.128 e. The van der Waals surface area contributed by atoms with Crippen molar-refractivity contribution in [3.8, 4) is 0 Å². The van der Waals surface area contributed by atoms with Crippen LogP contribution in [-0.4, -0.2) is 29.3 Å². The fourth-order valence-corrected chi connectivity index (χ4v) is 1.96. The maximum atomic E-state index is 9.18. The van der Waals surface area contributed by atoms with E-state index in [1.807, 2.05) is 19.2 Å². The van der Waals surface area contributed by atoms with Gasteiger partial charge >= 0.3 is 0 Å². The Morgan fingerprint density at radius 2 is 2.43 bits per heavy atom. The second-order valence-corrected chi connectivity index (χ2v) is 3.87. The summed E-state index contributed by atoms with van der Waals surface area (Å²) in [4.78, 5) is 6.57. The number of hydrogen-bond acceptors (Lipinski definition) is 3. The molecule has 1 aliphatic heterocycles. The maximum absolute atomic E-state index is 9.18. The molecule has 1 aromatic heterocycles. The number of aryl methyl sites for hydroxylation is 1. The number of rotatable bonds is 2. The molecular formula is C11H16N2O. The summed E-state index contributed by atoms with van der Waals surface area (Å²) in [7, 11) is 0. The molecule has 1 aromatic rings. The molecule has 14 heavy (non-hydrogen) atoms. The number of aliphatic hydroxyl groups excluding tert-OH is 1. The highest BCUT2D eigenvalue weighted by atomic mass is 16.3. The van der Waals surface area contributed by atoms with E-state index < -0.39 is 0 Å². The van der Waals surface area contributed by atoms with Crippen molar-refractivity contribution in [2.75, 3.05) is 18.1 Å². The van der Waals surface area contributed by atoms with Crippen LogP contribution in [0.3, 0.4) is 0 Å². The molecule has 0 radical (unpaired) electrons. The smallest absolute Gasteiger partial charge is 0.128 e. The van der Waals surface area contributed by atoms with Crippen molar-refractivity contribution in [3.05, 3.63) is 23.9 Å². The van der Waals surface area contributed by atoms with Gasteiger partial charge in [-0.2, -0.15) is 0 Å². The van der Waals surface area contributed by atoms with Crippen molar-refractivity contribution in [1.29, 1.82) is 0 Å². The van der Waals surface area contributed by atoms with Crippen LogP contribution in [0.15, 0.2) is 18.3 Å². The number of aromatic nitrogens is 1. The molecule has 3 heteroatoms. The third-order valence-corrected chi connectivity index (χ3v) is 2.78. The zero-order valence-corrected chi connectivity index (χ0v) is 8.48. The second-order valence-electron chi connectivity index (χ2n) is 3.87. The Labute approximate surface area is 84.4 Å². The quantitative estimate of drug-likeness (QED) is 0.768. The Balaban J connectivity index is 2.17. The van der Waals surface area contributed by atoms with Crippen molar-refractivity contribution in [1.82, 2.24) is 4.98 Å². The van der Waals surface area contributed by atoms with Crippen LogP contribution in [0.2, 0.25) is 0 Å². The molecule has 1 aliphatic rings. The predicted molar refractivity (Wildman–Crippen MR) is 56.4 cm³/mol. The highest BCUT2D eigenvalue weighted by Crippen LogP contribution is 2.23. The van der Waals surface area contributed by atoms with Crippen LogP contribution >= 0.6 is 0 Å². The third kappa shape index (κ3) is 1.73. The van der Waals surface area contributed by atoms with Crippen LogP contribution in [-0.2, 0) is 0 Å². The molecule has 0 spiro atoms. The number of pyridine rings is 1. The second kappa shape index (κ2) is 3.96. The van der Waals surface area contributed by atoms with Gasteiger partial charge in [0.15, 0.2) is 0 Å². The Morgan fingerprint density at radius 1 is 1.57 bits per heavy atom. The molecular weight excluding hydrogens is 176 g/mol. The monoisotopic (exact) mass is 192 g/mol. The van der Waals surface area contributed by atoms with Gasteiger partial charge in [0.1, 0.15) is 5.82 Å². The van der Waals surface area contributed by atoms with Crippen LogP contribution in [0.5, 0.6) is 0 Å². The van der Waals surface area contributed by atoms with E-state index in [2.05, 4.69) is 16.0 Å². The summed E-state index contributed by atoms with van der Waals surface area (Å²) >= 11 is 0.